The minimum Gasteiger partial charge on any atom is -0.504 e. The molecule has 17 nitrogen and oxygen atoms in total. The number of benzene rings is 3. The number of aryl methyl sites for hydroxylation is 2. The molecule has 5 heterocycles. The topological polar surface area (TPSA) is 194 Å². The monoisotopic (exact) mass is 948 g/mol. The van der Waals surface area contributed by atoms with E-state index in [-0.39, 0.29) is 43.1 Å². The summed E-state index contributed by atoms with van der Waals surface area (Å²) in [7, 11) is 5.80. The molecule has 66 heavy (non-hydrogen) atoms. The van der Waals surface area contributed by atoms with Crippen molar-refractivity contribution >= 4 is 51.9 Å². The van der Waals surface area contributed by atoms with Crippen LogP contribution >= 0.6 is 23.2 Å². The summed E-state index contributed by atoms with van der Waals surface area (Å²) in [4.78, 5) is 81.3. The van der Waals surface area contributed by atoms with Crippen molar-refractivity contribution in [3.63, 3.8) is 0 Å². The molecule has 4 atom stereocenters. The fourth-order valence-corrected chi connectivity index (χ4v) is 9.96. The normalized spacial score (nSPS) is 20.2. The molecule has 0 radical (unpaired) electrons. The fourth-order valence-electron chi connectivity index (χ4n) is 9.62. The number of pyridine rings is 1. The predicted molar refractivity (Wildman–Crippen MR) is 232 cm³/mol. The first-order chi connectivity index (χ1) is 31.4. The van der Waals surface area contributed by atoms with Crippen LogP contribution in [0.3, 0.4) is 0 Å². The number of phenols is 1. The predicted octanol–water partition coefficient (Wildman–Crippen LogP) is 5.37. The molecule has 9 rings (SSSR count). The Morgan fingerprint density at radius 2 is 1.61 bits per heavy atom. The molecule has 3 aromatic heterocycles. The average Bonchev–Trinajstić information content (AvgIpc) is 3.67. The zero-order chi connectivity index (χ0) is 47.1. The molecular formula is C44H37Cl2F3N8O9. The van der Waals surface area contributed by atoms with E-state index in [0.29, 0.717) is 61.5 Å². The van der Waals surface area contributed by atoms with Crippen LogP contribution in [-0.2, 0) is 47.7 Å². The molecule has 2 fully saturated rings. The maximum atomic E-state index is 15.4. The number of methoxy groups -OCH3 is 3. The molecule has 22 heteroatoms. The molecule has 6 aromatic rings. The number of imide groups is 1. The van der Waals surface area contributed by atoms with Gasteiger partial charge in [-0.15, -0.1) is 0 Å². The van der Waals surface area contributed by atoms with Gasteiger partial charge in [-0.05, 0) is 53.5 Å². The van der Waals surface area contributed by atoms with Crippen molar-refractivity contribution in [2.45, 2.75) is 49.5 Å². The first-order valence-electron chi connectivity index (χ1n) is 20.2. The quantitative estimate of drug-likeness (QED) is 0.132. The second kappa shape index (κ2) is 16.1. The number of aromatic hydroxyl groups is 1. The summed E-state index contributed by atoms with van der Waals surface area (Å²) in [6.45, 7) is -0.423. The minimum atomic E-state index is -4.80. The molecule has 0 unspecified atom stereocenters. The molecule has 342 valence electrons. The number of halogens is 5. The first-order valence-corrected chi connectivity index (χ1v) is 20.9. The van der Waals surface area contributed by atoms with Crippen LogP contribution in [0.4, 0.5) is 19.0 Å². The van der Waals surface area contributed by atoms with Crippen LogP contribution in [0.2, 0.25) is 10.0 Å². The van der Waals surface area contributed by atoms with Crippen molar-refractivity contribution in [2.24, 2.45) is 13.0 Å². The molecular weight excluding hydrogens is 912 g/mol. The molecule has 3 aromatic carbocycles. The summed E-state index contributed by atoms with van der Waals surface area (Å²) in [5, 5.41) is 11.1. The van der Waals surface area contributed by atoms with E-state index < -0.39 is 74.6 Å². The second-order valence-corrected chi connectivity index (χ2v) is 16.7. The standard InChI is InChI=1S/C44H37Cl2F3N8O9/c1-53-31-19-35(66-4)34(65-3)18-29(31)51-28(39(53)60)12-13-54-41(62)55-14-11-25-30(57(55)42(54)63)17-26-38(59)56(52-37-27(46)16-23(20-50-37)44(47,48)49)40(61)43(26,22-6-8-24(45)9-7-22)36(25)21-5-10-32(58)33(15-21)64-2/h5-11,15-16,18-20,26,30,36,58H,12-14,17H2,1-4H3,(H,50,52)/t26-,30+,36-,43+/m0/s1. The molecule has 1 saturated heterocycles. The lowest BCUT2D eigenvalue weighted by Crippen LogP contribution is -2.53. The summed E-state index contributed by atoms with van der Waals surface area (Å²) >= 11 is 12.6. The van der Waals surface area contributed by atoms with Crippen molar-refractivity contribution in [1.29, 1.82) is 0 Å². The van der Waals surface area contributed by atoms with Gasteiger partial charge in [-0.25, -0.2) is 33.5 Å². The number of hydrazine groups is 1. The second-order valence-electron chi connectivity index (χ2n) is 15.9. The Kier molecular flexibility index (Phi) is 10.8. The highest BCUT2D eigenvalue weighted by atomic mass is 35.5. The molecule has 2 amide bonds. The lowest BCUT2D eigenvalue weighted by atomic mass is 9.53. The number of nitrogens with zero attached hydrogens (tertiary/aromatic N) is 7. The van der Waals surface area contributed by atoms with E-state index >= 15 is 4.79 Å². The van der Waals surface area contributed by atoms with Gasteiger partial charge in [0, 0.05) is 49.3 Å². The van der Waals surface area contributed by atoms with Crippen molar-refractivity contribution in [1.82, 2.24) is 33.5 Å². The van der Waals surface area contributed by atoms with E-state index in [2.05, 4.69) is 15.4 Å². The smallest absolute Gasteiger partial charge is 0.417 e. The number of ether oxygens (including phenoxy) is 3. The SMILES string of the molecule is COc1cc([C@H]2C3=CCn4c(=O)n(CCc5nc6cc(OC)c(OC)cc6n(C)c5=O)c(=O)n4[C@@H]3C[C@H]3C(=O)N(Nc4ncc(C(F)(F)F)cc4Cl)C(=O)[C@@]23c2ccc(Cl)cc2)ccc1O. The number of nitrogens with one attached hydrogen (secondary N) is 1. The zero-order valence-corrected chi connectivity index (χ0v) is 36.7. The number of alkyl halides is 3. The van der Waals surface area contributed by atoms with Crippen LogP contribution in [0.1, 0.15) is 40.8 Å². The van der Waals surface area contributed by atoms with Gasteiger partial charge < -0.3 is 23.9 Å². The highest BCUT2D eigenvalue weighted by molar-refractivity contribution is 6.33. The van der Waals surface area contributed by atoms with Crippen molar-refractivity contribution in [3.8, 4) is 23.0 Å². The number of hydrogen-bond acceptors (Lipinski definition) is 12. The van der Waals surface area contributed by atoms with E-state index in [1.54, 1.807) is 43.5 Å². The molecule has 2 N–H and O–H groups in total. The molecule has 3 aliphatic rings. The van der Waals surface area contributed by atoms with E-state index in [9.17, 15) is 37.5 Å². The van der Waals surface area contributed by atoms with Crippen LogP contribution in [0.25, 0.3) is 11.0 Å². The Morgan fingerprint density at radius 1 is 0.909 bits per heavy atom. The van der Waals surface area contributed by atoms with E-state index in [4.69, 9.17) is 37.4 Å². The van der Waals surface area contributed by atoms with Crippen LogP contribution in [0.15, 0.2) is 92.9 Å². The maximum absolute atomic E-state index is 15.4. The van der Waals surface area contributed by atoms with Crippen LogP contribution in [0.5, 0.6) is 23.0 Å². The van der Waals surface area contributed by atoms with Gasteiger partial charge in [-0.2, -0.15) is 18.2 Å². The lowest BCUT2D eigenvalue weighted by Gasteiger charge is -2.49. The number of carbonyl (C=O) groups is 2. The number of phenolic OH excluding ortho intramolecular Hbond substituents is 1. The van der Waals surface area contributed by atoms with Gasteiger partial charge in [-0.3, -0.25) is 19.8 Å². The number of anilines is 1. The Balaban J connectivity index is 1.18. The number of fused-ring (bicyclic) bond motifs is 5. The summed E-state index contributed by atoms with van der Waals surface area (Å²) in [5.41, 5.74) is -0.338. The summed E-state index contributed by atoms with van der Waals surface area (Å²) in [6.07, 6.45) is -2.95. The number of allylic oxidation sites excluding steroid dienone is 2. The van der Waals surface area contributed by atoms with Crippen molar-refractivity contribution in [3.05, 3.63) is 142 Å². The lowest BCUT2D eigenvalue weighted by molar-refractivity contribution is -0.139. The molecule has 0 bridgehead atoms. The number of rotatable bonds is 10. The van der Waals surface area contributed by atoms with Gasteiger partial charge in [0.15, 0.2) is 28.8 Å². The van der Waals surface area contributed by atoms with Gasteiger partial charge in [0.1, 0.15) is 5.69 Å². The van der Waals surface area contributed by atoms with E-state index in [1.807, 2.05) is 0 Å². The summed E-state index contributed by atoms with van der Waals surface area (Å²) in [5.74, 6) is -4.04. The highest BCUT2D eigenvalue weighted by Gasteiger charge is 2.69. The van der Waals surface area contributed by atoms with Gasteiger partial charge in [-0.1, -0.05) is 47.5 Å². The van der Waals surface area contributed by atoms with Gasteiger partial charge in [0.2, 0.25) is 0 Å². The Morgan fingerprint density at radius 3 is 2.27 bits per heavy atom. The van der Waals surface area contributed by atoms with Crippen molar-refractivity contribution < 1.29 is 42.1 Å². The van der Waals surface area contributed by atoms with Crippen LogP contribution in [0, 0.1) is 5.92 Å². The van der Waals surface area contributed by atoms with Crippen LogP contribution in [-0.4, -0.2) is 71.7 Å². The summed E-state index contributed by atoms with van der Waals surface area (Å²) < 4.78 is 61.9. The largest absolute Gasteiger partial charge is 0.504 e. The van der Waals surface area contributed by atoms with Gasteiger partial charge in [0.05, 0.1) is 66.9 Å². The number of carbonyl (C=O) groups excluding carboxylic acids is 2. The number of hydrogen-bond donors (Lipinski definition) is 2. The van der Waals surface area contributed by atoms with Gasteiger partial charge >= 0.3 is 17.6 Å². The van der Waals surface area contributed by atoms with E-state index in [1.165, 1.54) is 59.5 Å². The average molecular weight is 950 g/mol. The zero-order valence-electron chi connectivity index (χ0n) is 35.2. The molecule has 0 spiro atoms. The maximum Gasteiger partial charge on any atom is 0.417 e. The number of amides is 2. The Bertz CT molecular complexity index is 3240. The van der Waals surface area contributed by atoms with Crippen molar-refractivity contribution in [2.75, 3.05) is 26.8 Å². The van der Waals surface area contributed by atoms with E-state index in [0.717, 1.165) is 4.57 Å². The third kappa shape index (κ3) is 6.71. The molecule has 1 aliphatic carbocycles. The van der Waals surface area contributed by atoms with Crippen LogP contribution < -0.4 is 36.6 Å². The third-order valence-corrected chi connectivity index (χ3v) is 13.2. The minimum absolute atomic E-state index is 0.0209. The Labute approximate surface area is 380 Å². The molecule has 1 saturated carbocycles. The summed E-state index contributed by atoms with van der Waals surface area (Å²) in [6, 6.07) is 13.4. The fraction of sp³-hybridized carbons (Fsp3) is 0.295. The number of aromatic nitrogens is 6. The molecule has 2 aliphatic heterocycles. The first kappa shape index (κ1) is 44.2. The van der Waals surface area contributed by atoms with Gasteiger partial charge in [0.25, 0.3) is 17.4 Å². The highest BCUT2D eigenvalue weighted by Crippen LogP contribution is 2.62. The third-order valence-electron chi connectivity index (χ3n) is 12.7. The Hall–Kier alpha value is -7.06.